The molecule has 0 unspecified atom stereocenters. The second kappa shape index (κ2) is 14.1. The molecule has 6 aromatic rings. The van der Waals surface area contributed by atoms with E-state index < -0.39 is 22.7 Å². The minimum absolute atomic E-state index is 0.503. The summed E-state index contributed by atoms with van der Waals surface area (Å²) in [5, 5.41) is 3.60. The summed E-state index contributed by atoms with van der Waals surface area (Å²) in [7, 11) is -7.46. The molecule has 0 saturated heterocycles. The van der Waals surface area contributed by atoms with E-state index in [1.165, 1.54) is 49.3 Å². The predicted octanol–water partition coefficient (Wildman–Crippen LogP) is 4.14. The summed E-state index contributed by atoms with van der Waals surface area (Å²) >= 11 is 0. The molecule has 6 heteroatoms. The Hall–Kier alpha value is -4.12. The summed E-state index contributed by atoms with van der Waals surface area (Å²) in [6, 6.07) is 61.7. The van der Waals surface area contributed by atoms with Crippen molar-refractivity contribution >= 4 is 23.2 Å². The second-order valence-electron chi connectivity index (χ2n) is 11.4. The van der Waals surface area contributed by atoms with Gasteiger partial charge in [-0.15, -0.1) is 10.2 Å². The van der Waals surface area contributed by atoms with Gasteiger partial charge in [-0.2, -0.15) is 0 Å². The lowest BCUT2D eigenvalue weighted by Crippen LogP contribution is -2.68. The molecule has 0 amide bonds. The third kappa shape index (κ3) is 6.70. The maximum Gasteiger partial charge on any atom is 0.168 e. The molecule has 0 aliphatic heterocycles. The van der Waals surface area contributed by atoms with Crippen LogP contribution in [0.3, 0.4) is 0 Å². The highest BCUT2D eigenvalue weighted by atomic mass is 35.7. The van der Waals surface area contributed by atoms with E-state index in [2.05, 4.69) is 185 Å². The van der Waals surface area contributed by atoms with Gasteiger partial charge in [0.05, 0.1) is 0 Å². The van der Waals surface area contributed by atoms with Gasteiger partial charge in [0.15, 0.2) is 5.16 Å². The van der Waals surface area contributed by atoms with Crippen molar-refractivity contribution in [1.29, 1.82) is 0 Å². The Morgan fingerprint density at radius 2 is 0.587 bits per heavy atom. The zero-order valence-electron chi connectivity index (χ0n) is 26.0. The van der Waals surface area contributed by atoms with Crippen molar-refractivity contribution in [3.63, 3.8) is 0 Å². The van der Waals surface area contributed by atoms with Crippen LogP contribution in [0.2, 0.25) is 0 Å². The van der Waals surface area contributed by atoms with Gasteiger partial charge < -0.3 is 0 Å². The van der Waals surface area contributed by atoms with Crippen molar-refractivity contribution in [2.45, 2.75) is 25.9 Å². The third-order valence-electron chi connectivity index (χ3n) is 8.34. The molecular formula is C40H36ClO4P. The van der Waals surface area contributed by atoms with Crippen molar-refractivity contribution in [1.82, 2.24) is 0 Å². The Kier molecular flexibility index (Phi) is 10.2. The fourth-order valence-electron chi connectivity index (χ4n) is 6.45. The van der Waals surface area contributed by atoms with Gasteiger partial charge in [0.1, 0.15) is 23.2 Å². The lowest BCUT2D eigenvalue weighted by atomic mass is 9.84. The molecule has 0 aliphatic rings. The largest absolute Gasteiger partial charge is 0.222 e. The standard InChI is InChI=1S/C40H36P.ClHO4/c1-31-19-25-37(26-20-31)41(38-27-21-32(2)22-28-38,39-29-23-33(3)24-30-39)40(34-13-7-4-8-14-34,35-15-9-5-10-16-35)36-17-11-6-12-18-36;2-1(3,4)5/h4-30H,1-3H3;(H,2,3,4,5)/q+1;/p-1. The molecule has 0 bridgehead atoms. The van der Waals surface area contributed by atoms with Gasteiger partial charge in [-0.05, 0) is 57.2 Å². The molecular weight excluding hydrogens is 611 g/mol. The minimum atomic E-state index is -4.94. The zero-order chi connectivity index (χ0) is 32.8. The molecule has 0 saturated carbocycles. The Labute approximate surface area is 274 Å². The van der Waals surface area contributed by atoms with Gasteiger partial charge in [0, 0.05) is 16.7 Å². The first-order valence-electron chi connectivity index (χ1n) is 15.0. The highest BCUT2D eigenvalue weighted by Crippen LogP contribution is 2.74. The Morgan fingerprint density at radius 3 is 0.804 bits per heavy atom. The number of benzene rings is 6. The first kappa shape index (κ1) is 33.2. The summed E-state index contributed by atoms with van der Waals surface area (Å²) < 4.78 is 34.0. The van der Waals surface area contributed by atoms with Crippen molar-refractivity contribution in [3.8, 4) is 0 Å². The molecule has 4 nitrogen and oxygen atoms in total. The van der Waals surface area contributed by atoms with E-state index in [1.807, 2.05) is 0 Å². The normalized spacial score (nSPS) is 11.8. The summed E-state index contributed by atoms with van der Waals surface area (Å²) in [4.78, 5) is 0. The summed E-state index contributed by atoms with van der Waals surface area (Å²) in [6.07, 6.45) is 0. The van der Waals surface area contributed by atoms with Crippen molar-refractivity contribution in [3.05, 3.63) is 197 Å². The van der Waals surface area contributed by atoms with Crippen LogP contribution in [0.1, 0.15) is 33.4 Å². The quantitative estimate of drug-likeness (QED) is 0.193. The van der Waals surface area contributed by atoms with Crippen molar-refractivity contribution in [2.24, 2.45) is 0 Å². The SMILES string of the molecule is Cc1ccc([P+](c2ccc(C)cc2)(c2ccc(C)cc2)C(c2ccccc2)(c2ccccc2)c2ccccc2)cc1.[O-][Cl+3]([O-])([O-])[O-]. The summed E-state index contributed by atoms with van der Waals surface area (Å²) in [5.74, 6) is 0. The van der Waals surface area contributed by atoms with Crippen LogP contribution in [0.25, 0.3) is 0 Å². The van der Waals surface area contributed by atoms with Gasteiger partial charge >= 0.3 is 0 Å². The van der Waals surface area contributed by atoms with E-state index in [0.29, 0.717) is 0 Å². The number of aryl methyl sites for hydroxylation is 3. The van der Waals surface area contributed by atoms with Crippen LogP contribution >= 0.6 is 7.26 Å². The predicted molar refractivity (Wildman–Crippen MR) is 179 cm³/mol. The van der Waals surface area contributed by atoms with Crippen LogP contribution in [0.4, 0.5) is 0 Å². The summed E-state index contributed by atoms with van der Waals surface area (Å²) in [6.45, 7) is 6.54. The van der Waals surface area contributed by atoms with Crippen LogP contribution in [0.15, 0.2) is 164 Å². The molecule has 0 heterocycles. The van der Waals surface area contributed by atoms with Crippen LogP contribution < -0.4 is 34.5 Å². The number of rotatable bonds is 7. The smallest absolute Gasteiger partial charge is 0.168 e. The van der Waals surface area contributed by atoms with Crippen LogP contribution in [0.5, 0.6) is 0 Å². The topological polar surface area (TPSA) is 92.2 Å². The molecule has 46 heavy (non-hydrogen) atoms. The van der Waals surface area contributed by atoms with Gasteiger partial charge in [-0.25, -0.2) is 18.6 Å². The molecule has 0 fully saturated rings. The molecule has 0 aromatic heterocycles. The van der Waals surface area contributed by atoms with E-state index in [4.69, 9.17) is 18.6 Å². The maximum absolute atomic E-state index is 8.49. The molecule has 0 spiro atoms. The van der Waals surface area contributed by atoms with E-state index in [0.717, 1.165) is 0 Å². The molecule has 0 N–H and O–H groups in total. The van der Waals surface area contributed by atoms with E-state index in [-0.39, 0.29) is 0 Å². The minimum Gasteiger partial charge on any atom is -0.222 e. The second-order valence-corrected chi connectivity index (χ2v) is 15.7. The Balaban J connectivity index is 0.000000775. The van der Waals surface area contributed by atoms with Gasteiger partial charge in [0.2, 0.25) is 0 Å². The first-order chi connectivity index (χ1) is 22.1. The average Bonchev–Trinajstić information content (AvgIpc) is 3.06. The Morgan fingerprint density at radius 1 is 0.370 bits per heavy atom. The van der Waals surface area contributed by atoms with Gasteiger partial charge in [-0.1, -0.05) is 144 Å². The van der Waals surface area contributed by atoms with E-state index >= 15 is 0 Å². The third-order valence-corrected chi connectivity index (χ3v) is 13.3. The summed E-state index contributed by atoms with van der Waals surface area (Å²) in [5.41, 5.74) is 7.70. The first-order valence-corrected chi connectivity index (χ1v) is 18.0. The number of halogens is 1. The van der Waals surface area contributed by atoms with Crippen LogP contribution in [-0.2, 0) is 5.16 Å². The molecule has 0 radical (unpaired) electrons. The van der Waals surface area contributed by atoms with Crippen molar-refractivity contribution in [2.75, 3.05) is 0 Å². The lowest BCUT2D eigenvalue weighted by Gasteiger charge is -2.46. The number of hydrogen-bond acceptors (Lipinski definition) is 4. The zero-order valence-corrected chi connectivity index (χ0v) is 27.7. The van der Waals surface area contributed by atoms with Crippen LogP contribution in [-0.4, -0.2) is 0 Å². The molecule has 0 atom stereocenters. The molecule has 6 rings (SSSR count). The highest BCUT2D eigenvalue weighted by molar-refractivity contribution is 7.97. The van der Waals surface area contributed by atoms with Crippen molar-refractivity contribution < 1.29 is 28.9 Å². The number of hydrogen-bond donors (Lipinski definition) is 0. The fraction of sp³-hybridized carbons (Fsp3) is 0.100. The van der Waals surface area contributed by atoms with E-state index in [1.54, 1.807) is 0 Å². The van der Waals surface area contributed by atoms with E-state index in [9.17, 15) is 0 Å². The monoisotopic (exact) mass is 646 g/mol. The molecule has 0 aliphatic carbocycles. The lowest BCUT2D eigenvalue weighted by molar-refractivity contribution is -2.00. The molecule has 232 valence electrons. The fourth-order valence-corrected chi connectivity index (χ4v) is 11.9. The molecule has 6 aromatic carbocycles. The van der Waals surface area contributed by atoms with Gasteiger partial charge in [0.25, 0.3) is 0 Å². The average molecular weight is 647 g/mol. The Bertz CT molecular complexity index is 1610. The highest BCUT2D eigenvalue weighted by Gasteiger charge is 2.65. The van der Waals surface area contributed by atoms with Crippen LogP contribution in [0, 0.1) is 31.0 Å². The van der Waals surface area contributed by atoms with Gasteiger partial charge in [-0.3, -0.25) is 0 Å². The maximum atomic E-state index is 8.49.